The number of benzene rings is 1. The molecule has 2 unspecified atom stereocenters. The number of aromatic carboxylic acids is 1. The second kappa shape index (κ2) is 10.0. The van der Waals surface area contributed by atoms with Gasteiger partial charge in [0.05, 0.1) is 29.7 Å². The first kappa shape index (κ1) is 23.5. The summed E-state index contributed by atoms with van der Waals surface area (Å²) in [4.78, 5) is 24.1. The number of hydrogen-bond donors (Lipinski definition) is 1. The summed E-state index contributed by atoms with van der Waals surface area (Å²) in [5.74, 6) is -0.374. The summed E-state index contributed by atoms with van der Waals surface area (Å²) in [5.41, 5.74) is 2.20. The fraction of sp³-hybridized carbons (Fsp3) is 0.414. The van der Waals surface area contributed by atoms with Gasteiger partial charge in [0.25, 0.3) is 5.79 Å². The molecule has 40 heavy (non-hydrogen) atoms. The number of carbonyl (C=O) groups is 1. The standard InChI is InChI=1S/C29H29ClN4O5S/c1-29(24-6-5-18(30)14-31-24)38-22-4-2-3-20(26(22)39-29)17-7-10-33(11-8-17)16-25-32-27-21(13-23(40-27)28(35)36)34(25)15-19-9-12-37-19/h2-6,13-14,17,19H,7-12,15-16H2,1H3,(H,35,36)/i1D2. The van der Waals surface area contributed by atoms with Gasteiger partial charge in [0.15, 0.2) is 11.5 Å². The van der Waals surface area contributed by atoms with Crippen LogP contribution in [0.15, 0.2) is 42.6 Å². The van der Waals surface area contributed by atoms with E-state index in [4.69, 9.17) is 33.5 Å². The molecule has 6 heterocycles. The Morgan fingerprint density at radius 3 is 2.80 bits per heavy atom. The Morgan fingerprint density at radius 2 is 2.10 bits per heavy atom. The predicted molar refractivity (Wildman–Crippen MR) is 150 cm³/mol. The molecular formula is C29H29ClN4O5S. The lowest BCUT2D eigenvalue weighted by Gasteiger charge is -2.33. The first-order valence-electron chi connectivity index (χ1n) is 14.5. The largest absolute Gasteiger partial charge is 0.477 e. The minimum Gasteiger partial charge on any atom is -0.477 e. The molecule has 2 fully saturated rings. The molecule has 0 spiro atoms. The summed E-state index contributed by atoms with van der Waals surface area (Å²) in [6.45, 7) is 2.31. The minimum absolute atomic E-state index is 0.129. The van der Waals surface area contributed by atoms with Gasteiger partial charge in [0.2, 0.25) is 0 Å². The Bertz CT molecular complexity index is 1630. The van der Waals surface area contributed by atoms with E-state index in [1.54, 1.807) is 24.3 Å². The SMILES string of the molecule is [2H]C([2H])C1(c2ccc(Cl)cn2)Oc2cccc(C3CCN(Cc4nc5sc(C(=O)O)cc5n4CC4CCO4)CC3)c2O1. The van der Waals surface area contributed by atoms with Crippen molar-refractivity contribution in [2.24, 2.45) is 0 Å². The molecule has 1 aromatic carbocycles. The Kier molecular flexibility index (Phi) is 5.89. The average molecular weight is 583 g/mol. The van der Waals surface area contributed by atoms with Crippen LogP contribution in [0.5, 0.6) is 11.5 Å². The molecule has 7 rings (SSSR count). The van der Waals surface area contributed by atoms with Crippen molar-refractivity contribution in [1.82, 2.24) is 19.4 Å². The summed E-state index contributed by atoms with van der Waals surface area (Å²) < 4.78 is 36.8. The number of piperidine rings is 1. The van der Waals surface area contributed by atoms with Crippen molar-refractivity contribution in [3.05, 3.63) is 69.6 Å². The number of likely N-dealkylation sites (tertiary alicyclic amines) is 1. The van der Waals surface area contributed by atoms with Crippen LogP contribution < -0.4 is 9.47 Å². The van der Waals surface area contributed by atoms with Gasteiger partial charge in [0.1, 0.15) is 21.2 Å². The number of carboxylic acids is 1. The van der Waals surface area contributed by atoms with Gasteiger partial charge in [-0.15, -0.1) is 11.3 Å². The van der Waals surface area contributed by atoms with Crippen LogP contribution in [0.4, 0.5) is 0 Å². The van der Waals surface area contributed by atoms with Crippen molar-refractivity contribution in [2.75, 3.05) is 19.7 Å². The quantitative estimate of drug-likeness (QED) is 0.298. The molecular weight excluding hydrogens is 552 g/mol. The molecule has 3 aromatic heterocycles. The summed E-state index contributed by atoms with van der Waals surface area (Å²) in [6.07, 6.45) is 4.36. The first-order valence-corrected chi connectivity index (χ1v) is 14.5. The molecule has 0 saturated carbocycles. The number of halogens is 1. The van der Waals surface area contributed by atoms with Crippen molar-refractivity contribution in [3.8, 4) is 11.5 Å². The van der Waals surface area contributed by atoms with Gasteiger partial charge in [-0.2, -0.15) is 0 Å². The highest BCUT2D eigenvalue weighted by Gasteiger charge is 2.42. The molecule has 3 aliphatic rings. The Labute approximate surface area is 243 Å². The number of hydrogen-bond acceptors (Lipinski definition) is 8. The fourth-order valence-electron chi connectivity index (χ4n) is 5.69. The normalized spacial score (nSPS) is 23.8. The van der Waals surface area contributed by atoms with Gasteiger partial charge in [-0.05, 0) is 62.5 Å². The molecule has 9 nitrogen and oxygen atoms in total. The number of ether oxygens (including phenoxy) is 3. The summed E-state index contributed by atoms with van der Waals surface area (Å²) >= 11 is 7.23. The first-order chi connectivity index (χ1) is 20.3. The highest BCUT2D eigenvalue weighted by molar-refractivity contribution is 7.20. The average Bonchev–Trinajstić information content (AvgIpc) is 3.63. The zero-order valence-electron chi connectivity index (χ0n) is 23.6. The highest BCUT2D eigenvalue weighted by Crippen LogP contribution is 2.49. The second-order valence-electron chi connectivity index (χ2n) is 10.5. The highest BCUT2D eigenvalue weighted by atomic mass is 35.5. The molecule has 2 atom stereocenters. The van der Waals surface area contributed by atoms with E-state index in [1.807, 2.05) is 12.1 Å². The van der Waals surface area contributed by atoms with Crippen LogP contribution in [0.25, 0.3) is 10.3 Å². The maximum Gasteiger partial charge on any atom is 0.346 e. The number of para-hydroxylation sites is 1. The topological polar surface area (TPSA) is 98.9 Å². The minimum atomic E-state index is -1.67. The summed E-state index contributed by atoms with van der Waals surface area (Å²) in [6, 6.07) is 10.8. The molecule has 0 radical (unpaired) electrons. The molecule has 11 heteroatoms. The van der Waals surface area contributed by atoms with Crippen molar-refractivity contribution in [2.45, 2.75) is 57.0 Å². The third-order valence-electron chi connectivity index (χ3n) is 7.92. The molecule has 0 bridgehead atoms. The smallest absolute Gasteiger partial charge is 0.346 e. The Balaban J connectivity index is 1.08. The predicted octanol–water partition coefficient (Wildman–Crippen LogP) is 5.66. The number of thiophene rings is 1. The van der Waals surface area contributed by atoms with Crippen LogP contribution in [0.3, 0.4) is 0 Å². The third-order valence-corrected chi connectivity index (χ3v) is 9.15. The molecule has 4 aromatic rings. The molecule has 208 valence electrons. The maximum absolute atomic E-state index is 11.5. The van der Waals surface area contributed by atoms with Crippen LogP contribution in [-0.4, -0.2) is 56.3 Å². The van der Waals surface area contributed by atoms with Crippen LogP contribution in [0, 0.1) is 0 Å². The number of fused-ring (bicyclic) bond motifs is 2. The lowest BCUT2D eigenvalue weighted by Crippen LogP contribution is -2.35. The van der Waals surface area contributed by atoms with Crippen LogP contribution in [0.1, 0.15) is 61.6 Å². The van der Waals surface area contributed by atoms with Crippen molar-refractivity contribution in [1.29, 1.82) is 0 Å². The van der Waals surface area contributed by atoms with Crippen LogP contribution in [0.2, 0.25) is 5.02 Å². The van der Waals surface area contributed by atoms with E-state index in [1.165, 1.54) is 17.5 Å². The van der Waals surface area contributed by atoms with Gasteiger partial charge in [-0.1, -0.05) is 23.7 Å². The molecule has 3 aliphatic heterocycles. The number of rotatable bonds is 7. The van der Waals surface area contributed by atoms with E-state index < -0.39 is 18.6 Å². The van der Waals surface area contributed by atoms with E-state index >= 15 is 0 Å². The van der Waals surface area contributed by atoms with Gasteiger partial charge in [-0.25, -0.2) is 9.78 Å². The van der Waals surface area contributed by atoms with E-state index in [0.717, 1.165) is 60.7 Å². The third kappa shape index (κ3) is 4.62. The van der Waals surface area contributed by atoms with E-state index in [0.29, 0.717) is 40.2 Å². The molecule has 1 N–H and O–H groups in total. The number of pyridine rings is 1. The number of nitrogens with zero attached hydrogens (tertiary/aromatic N) is 4. The molecule has 0 aliphatic carbocycles. The van der Waals surface area contributed by atoms with E-state index in [2.05, 4.69) is 14.5 Å². The maximum atomic E-state index is 11.5. The number of carboxylic acid groups (broad SMARTS) is 1. The van der Waals surface area contributed by atoms with Crippen LogP contribution >= 0.6 is 22.9 Å². The van der Waals surface area contributed by atoms with Crippen molar-refractivity contribution >= 4 is 39.3 Å². The monoisotopic (exact) mass is 582 g/mol. The van der Waals surface area contributed by atoms with E-state index in [-0.39, 0.29) is 12.0 Å². The fourth-order valence-corrected chi connectivity index (χ4v) is 6.69. The molecule has 0 amide bonds. The lowest BCUT2D eigenvalue weighted by atomic mass is 9.88. The van der Waals surface area contributed by atoms with Gasteiger partial charge < -0.3 is 23.9 Å². The zero-order chi connectivity index (χ0) is 29.0. The van der Waals surface area contributed by atoms with Gasteiger partial charge >= 0.3 is 5.97 Å². The Hall–Kier alpha value is -3.18. The number of aromatic nitrogens is 3. The summed E-state index contributed by atoms with van der Waals surface area (Å²) in [7, 11) is 0. The molecule has 2 saturated heterocycles. The Morgan fingerprint density at radius 1 is 1.25 bits per heavy atom. The van der Waals surface area contributed by atoms with E-state index in [9.17, 15) is 9.90 Å². The van der Waals surface area contributed by atoms with Gasteiger partial charge in [0, 0.05) is 28.0 Å². The van der Waals surface area contributed by atoms with Crippen molar-refractivity contribution < 1.29 is 26.9 Å². The number of imidazole rings is 1. The summed E-state index contributed by atoms with van der Waals surface area (Å²) in [5, 5.41) is 9.91. The lowest BCUT2D eigenvalue weighted by molar-refractivity contribution is -0.0722. The zero-order valence-corrected chi connectivity index (χ0v) is 23.2. The van der Waals surface area contributed by atoms with Gasteiger partial charge in [-0.3, -0.25) is 9.88 Å². The second-order valence-corrected chi connectivity index (χ2v) is 12.0. The van der Waals surface area contributed by atoms with Crippen molar-refractivity contribution in [3.63, 3.8) is 0 Å². The van der Waals surface area contributed by atoms with Crippen LogP contribution in [-0.2, 0) is 23.6 Å².